The molecule has 3 aliphatic rings. The first kappa shape index (κ1) is 28.9. The van der Waals surface area contributed by atoms with Crippen molar-refractivity contribution in [3.63, 3.8) is 0 Å². The van der Waals surface area contributed by atoms with Crippen molar-refractivity contribution in [1.82, 2.24) is 0 Å². The van der Waals surface area contributed by atoms with Gasteiger partial charge in [-0.3, -0.25) is 4.79 Å². The topological polar surface area (TPSA) is 125 Å². The van der Waals surface area contributed by atoms with Crippen LogP contribution in [0.4, 0.5) is 10.1 Å². The Bertz CT molecular complexity index is 1450. The fourth-order valence-electron chi connectivity index (χ4n) is 5.83. The number of ether oxygens (including phenoxy) is 6. The smallest absolute Gasteiger partial charge is 0.244 e. The number of fused-ring (bicyclic) bond motifs is 3. The monoisotopic (exact) mass is 595 g/mol. The Morgan fingerprint density at radius 3 is 1.77 bits per heavy atom. The third-order valence-electron chi connectivity index (χ3n) is 7.84. The average molecular weight is 596 g/mol. The molecule has 0 radical (unpaired) electrons. The third kappa shape index (κ3) is 5.16. The van der Waals surface area contributed by atoms with E-state index < -0.39 is 29.3 Å². The number of anilines is 1. The van der Waals surface area contributed by atoms with Crippen LogP contribution in [0.3, 0.4) is 0 Å². The molecule has 3 aromatic rings. The number of halogens is 1. The molecule has 0 spiro atoms. The lowest BCUT2D eigenvalue weighted by atomic mass is 9.69. The Morgan fingerprint density at radius 1 is 0.791 bits per heavy atom. The summed E-state index contributed by atoms with van der Waals surface area (Å²) in [6, 6.07) is 10.6. The van der Waals surface area contributed by atoms with Crippen molar-refractivity contribution in [2.75, 3.05) is 32.1 Å². The van der Waals surface area contributed by atoms with E-state index in [2.05, 4.69) is 5.32 Å². The summed E-state index contributed by atoms with van der Waals surface area (Å²) >= 11 is 0. The van der Waals surface area contributed by atoms with Gasteiger partial charge in [-0.25, -0.2) is 4.39 Å². The summed E-state index contributed by atoms with van der Waals surface area (Å²) in [4.78, 5) is 14.5. The Kier molecular flexibility index (Phi) is 7.93. The van der Waals surface area contributed by atoms with Crippen LogP contribution in [0.25, 0.3) is 0 Å². The van der Waals surface area contributed by atoms with Crippen LogP contribution in [0.2, 0.25) is 0 Å². The van der Waals surface area contributed by atoms with Crippen molar-refractivity contribution >= 4 is 11.6 Å². The minimum absolute atomic E-state index is 0.0329. The molecule has 0 saturated carbocycles. The highest BCUT2D eigenvalue weighted by Crippen LogP contribution is 2.57. The highest BCUT2D eigenvalue weighted by Gasteiger charge is 2.54. The molecule has 11 heteroatoms. The van der Waals surface area contributed by atoms with Gasteiger partial charge in [0.1, 0.15) is 35.9 Å². The van der Waals surface area contributed by atoms with Crippen LogP contribution in [-0.2, 0) is 10.2 Å². The van der Waals surface area contributed by atoms with E-state index >= 15 is 4.39 Å². The van der Waals surface area contributed by atoms with Gasteiger partial charge in [0, 0.05) is 34.5 Å². The maximum absolute atomic E-state index is 15.0. The molecule has 0 bridgehead atoms. The molecule has 43 heavy (non-hydrogen) atoms. The predicted molar refractivity (Wildman–Crippen MR) is 153 cm³/mol. The van der Waals surface area contributed by atoms with Gasteiger partial charge in [-0.1, -0.05) is 26.7 Å². The van der Waals surface area contributed by atoms with Crippen molar-refractivity contribution in [3.8, 4) is 34.5 Å². The summed E-state index contributed by atoms with van der Waals surface area (Å²) in [5.74, 6) is 0.974. The molecule has 0 aromatic heterocycles. The van der Waals surface area contributed by atoms with E-state index in [1.807, 2.05) is 13.8 Å². The molecule has 0 fully saturated rings. The van der Waals surface area contributed by atoms with Crippen molar-refractivity contribution in [3.05, 3.63) is 65.0 Å². The molecule has 0 unspecified atom stereocenters. The van der Waals surface area contributed by atoms with Crippen LogP contribution in [0.1, 0.15) is 56.2 Å². The molecule has 0 aliphatic carbocycles. The number of carbonyl (C=O) groups is 1. The van der Waals surface area contributed by atoms with E-state index in [-0.39, 0.29) is 38.3 Å². The van der Waals surface area contributed by atoms with Gasteiger partial charge >= 0.3 is 0 Å². The second kappa shape index (κ2) is 11.8. The highest BCUT2D eigenvalue weighted by atomic mass is 19.1. The number of rotatable bonds is 12. The number of benzene rings is 3. The number of hydrogen-bond donors (Lipinski definition) is 3. The van der Waals surface area contributed by atoms with E-state index in [0.29, 0.717) is 58.2 Å². The lowest BCUT2D eigenvalue weighted by molar-refractivity contribution is -0.118. The van der Waals surface area contributed by atoms with Gasteiger partial charge in [0.2, 0.25) is 19.5 Å². The first-order chi connectivity index (χ1) is 20.8. The van der Waals surface area contributed by atoms with Gasteiger partial charge in [-0.05, 0) is 43.2 Å². The van der Waals surface area contributed by atoms with Gasteiger partial charge in [-0.2, -0.15) is 0 Å². The van der Waals surface area contributed by atoms with Crippen LogP contribution < -0.4 is 33.7 Å². The molecule has 3 aliphatic heterocycles. The first-order valence-electron chi connectivity index (χ1n) is 14.5. The summed E-state index contributed by atoms with van der Waals surface area (Å²) in [6.45, 7) is 3.74. The van der Waals surface area contributed by atoms with E-state index in [1.54, 1.807) is 24.3 Å². The SMILES string of the molecule is CCC[C@@H](O)COc1cc2c(cc1C1(c3cc4c(cc3OC[C@H](O)CCC)OCO4)C(=O)Nc3ccc(F)cc31)OCO2. The Labute approximate surface area is 248 Å². The van der Waals surface area contributed by atoms with Crippen molar-refractivity contribution < 1.29 is 47.8 Å². The number of carbonyl (C=O) groups excluding carboxylic acids is 1. The summed E-state index contributed by atoms with van der Waals surface area (Å²) in [5.41, 5.74) is -0.390. The maximum Gasteiger partial charge on any atom is 0.244 e. The molecule has 3 heterocycles. The van der Waals surface area contributed by atoms with E-state index in [9.17, 15) is 15.0 Å². The second-order valence-corrected chi connectivity index (χ2v) is 10.8. The Morgan fingerprint density at radius 2 is 1.28 bits per heavy atom. The second-order valence-electron chi connectivity index (χ2n) is 10.8. The van der Waals surface area contributed by atoms with E-state index in [0.717, 1.165) is 12.8 Å². The molecule has 3 aromatic carbocycles. The lowest BCUT2D eigenvalue weighted by Gasteiger charge is -2.32. The summed E-state index contributed by atoms with van der Waals surface area (Å²) in [7, 11) is 0. The Balaban J connectivity index is 1.61. The number of amides is 1. The van der Waals surface area contributed by atoms with Crippen molar-refractivity contribution in [2.45, 2.75) is 57.2 Å². The summed E-state index contributed by atoms with van der Waals surface area (Å²) in [6.07, 6.45) is 1.01. The summed E-state index contributed by atoms with van der Waals surface area (Å²) in [5, 5.41) is 24.0. The normalized spacial score (nSPS) is 16.9. The number of hydrogen-bond acceptors (Lipinski definition) is 9. The van der Waals surface area contributed by atoms with Crippen LogP contribution >= 0.6 is 0 Å². The Hall–Kier alpha value is -4.22. The van der Waals surface area contributed by atoms with Crippen LogP contribution in [0, 0.1) is 5.82 Å². The van der Waals surface area contributed by atoms with Gasteiger partial charge in [0.05, 0.1) is 12.2 Å². The van der Waals surface area contributed by atoms with E-state index in [1.165, 1.54) is 18.2 Å². The molecule has 6 rings (SSSR count). The van der Waals surface area contributed by atoms with Crippen LogP contribution in [0.5, 0.6) is 34.5 Å². The lowest BCUT2D eigenvalue weighted by Crippen LogP contribution is -2.38. The third-order valence-corrected chi connectivity index (χ3v) is 7.84. The molecular formula is C32H34FNO9. The van der Waals surface area contributed by atoms with Crippen LogP contribution in [0.15, 0.2) is 42.5 Å². The minimum Gasteiger partial charge on any atom is -0.490 e. The number of aliphatic hydroxyl groups is 2. The number of aliphatic hydroxyl groups excluding tert-OH is 2. The van der Waals surface area contributed by atoms with Gasteiger partial charge in [0.25, 0.3) is 0 Å². The van der Waals surface area contributed by atoms with Gasteiger partial charge in [0.15, 0.2) is 23.0 Å². The van der Waals surface area contributed by atoms with Crippen molar-refractivity contribution in [1.29, 1.82) is 0 Å². The molecule has 10 nitrogen and oxygen atoms in total. The van der Waals surface area contributed by atoms with Crippen LogP contribution in [-0.4, -0.2) is 55.1 Å². The fraction of sp³-hybridized carbons (Fsp3) is 0.406. The minimum atomic E-state index is -1.74. The molecule has 2 atom stereocenters. The van der Waals surface area contributed by atoms with E-state index in [4.69, 9.17) is 28.4 Å². The highest BCUT2D eigenvalue weighted by molar-refractivity contribution is 6.12. The zero-order valence-corrected chi connectivity index (χ0v) is 24.0. The summed E-state index contributed by atoms with van der Waals surface area (Å²) < 4.78 is 50.1. The maximum atomic E-state index is 15.0. The molecular weight excluding hydrogens is 561 g/mol. The quantitative estimate of drug-likeness (QED) is 0.274. The zero-order chi connectivity index (χ0) is 30.1. The van der Waals surface area contributed by atoms with Gasteiger partial charge < -0.3 is 44.0 Å². The van der Waals surface area contributed by atoms with Gasteiger partial charge in [-0.15, -0.1) is 0 Å². The standard InChI is InChI=1S/C32H34FNO9/c1-3-5-19(35)14-38-25-12-29-27(40-16-42-29)10-22(25)32(21-9-18(33)7-8-24(21)34-31(32)37)23-11-28-30(43-17-41-28)13-26(23)39-15-20(36)6-4-2/h7-13,19-20,35-36H,3-6,14-17H2,1-2H3,(H,34,37)/t19-,20-/m1/s1. The zero-order valence-electron chi connectivity index (χ0n) is 24.0. The first-order valence-corrected chi connectivity index (χ1v) is 14.5. The largest absolute Gasteiger partial charge is 0.490 e. The molecule has 1 amide bonds. The molecule has 3 N–H and O–H groups in total. The fourth-order valence-corrected chi connectivity index (χ4v) is 5.83. The molecule has 0 saturated heterocycles. The van der Waals surface area contributed by atoms with Crippen molar-refractivity contribution in [2.24, 2.45) is 0 Å². The predicted octanol–water partition coefficient (Wildman–Crippen LogP) is 4.65. The average Bonchev–Trinajstić information content (AvgIpc) is 3.71. The molecule has 228 valence electrons. The number of nitrogens with one attached hydrogen (secondary N) is 1.